The molecule has 0 aliphatic carbocycles. The number of carboxylic acid groups (broad SMARTS) is 2. The van der Waals surface area contributed by atoms with E-state index in [-0.39, 0.29) is 5.56 Å². The second kappa shape index (κ2) is 6.02. The molecule has 0 saturated carbocycles. The molecule has 0 heterocycles. The normalized spacial score (nSPS) is 10.2. The smallest absolute Gasteiger partial charge is 0.335 e. The molecule has 2 aromatic carbocycles. The molecular formula is C16H14O4. The van der Waals surface area contributed by atoms with Crippen molar-refractivity contribution < 1.29 is 19.8 Å². The zero-order valence-corrected chi connectivity index (χ0v) is 10.7. The Balaban J connectivity index is 2.09. The van der Waals surface area contributed by atoms with E-state index in [1.165, 1.54) is 0 Å². The van der Waals surface area contributed by atoms with Crippen molar-refractivity contribution in [2.24, 2.45) is 0 Å². The van der Waals surface area contributed by atoms with Crippen molar-refractivity contribution in [3.8, 4) is 0 Å². The van der Waals surface area contributed by atoms with Gasteiger partial charge in [-0.1, -0.05) is 30.3 Å². The Morgan fingerprint density at radius 3 is 2.05 bits per heavy atom. The molecule has 4 nitrogen and oxygen atoms in total. The first-order chi connectivity index (χ1) is 9.58. The molecule has 0 aromatic heterocycles. The highest BCUT2D eigenvalue weighted by atomic mass is 16.4. The standard InChI is InChI=1S/C16H14O4/c17-15(18)13-9-6-11(7-10-13)5-8-12-3-1-2-4-14(12)16(19)20/h1-4,6-7,9-10H,5,8H2,(H,17,18)(H,19,20). The minimum Gasteiger partial charge on any atom is -0.478 e. The molecular weight excluding hydrogens is 256 g/mol. The molecule has 0 radical (unpaired) electrons. The summed E-state index contributed by atoms with van der Waals surface area (Å²) in [4.78, 5) is 21.8. The molecule has 20 heavy (non-hydrogen) atoms. The highest BCUT2D eigenvalue weighted by Crippen LogP contribution is 2.13. The van der Waals surface area contributed by atoms with E-state index in [0.717, 1.165) is 11.1 Å². The molecule has 0 amide bonds. The van der Waals surface area contributed by atoms with Crippen molar-refractivity contribution in [1.82, 2.24) is 0 Å². The first kappa shape index (κ1) is 13.8. The quantitative estimate of drug-likeness (QED) is 0.876. The largest absolute Gasteiger partial charge is 0.478 e. The Bertz CT molecular complexity index is 629. The number of rotatable bonds is 5. The molecule has 0 spiro atoms. The third-order valence-electron chi connectivity index (χ3n) is 3.13. The Morgan fingerprint density at radius 2 is 1.45 bits per heavy atom. The van der Waals surface area contributed by atoms with Gasteiger partial charge in [0.2, 0.25) is 0 Å². The molecule has 0 aliphatic rings. The maximum atomic E-state index is 11.1. The summed E-state index contributed by atoms with van der Waals surface area (Å²) >= 11 is 0. The Kier molecular flexibility index (Phi) is 4.15. The number of hydrogen-bond donors (Lipinski definition) is 2. The van der Waals surface area contributed by atoms with Crippen LogP contribution in [-0.4, -0.2) is 22.2 Å². The fourth-order valence-electron chi connectivity index (χ4n) is 2.04. The molecule has 0 aliphatic heterocycles. The SMILES string of the molecule is O=C(O)c1ccc(CCc2ccccc2C(=O)O)cc1. The zero-order valence-electron chi connectivity index (χ0n) is 10.7. The molecule has 0 bridgehead atoms. The van der Waals surface area contributed by atoms with E-state index >= 15 is 0 Å². The van der Waals surface area contributed by atoms with Crippen LogP contribution in [0.3, 0.4) is 0 Å². The number of carboxylic acids is 2. The van der Waals surface area contributed by atoms with E-state index in [4.69, 9.17) is 10.2 Å². The van der Waals surface area contributed by atoms with Gasteiger partial charge in [0.1, 0.15) is 0 Å². The van der Waals surface area contributed by atoms with Gasteiger partial charge in [0.15, 0.2) is 0 Å². The molecule has 0 saturated heterocycles. The molecule has 102 valence electrons. The van der Waals surface area contributed by atoms with Crippen molar-refractivity contribution >= 4 is 11.9 Å². The van der Waals surface area contributed by atoms with E-state index in [1.54, 1.807) is 42.5 Å². The second-order valence-corrected chi connectivity index (χ2v) is 4.46. The summed E-state index contributed by atoms with van der Waals surface area (Å²) in [6, 6.07) is 13.5. The highest BCUT2D eigenvalue weighted by molar-refractivity contribution is 5.89. The van der Waals surface area contributed by atoms with Crippen LogP contribution in [0.15, 0.2) is 48.5 Å². The second-order valence-electron chi connectivity index (χ2n) is 4.46. The Labute approximate surface area is 116 Å². The topological polar surface area (TPSA) is 74.6 Å². The summed E-state index contributed by atoms with van der Waals surface area (Å²) in [7, 11) is 0. The van der Waals surface area contributed by atoms with Crippen LogP contribution in [0.2, 0.25) is 0 Å². The van der Waals surface area contributed by atoms with E-state index in [2.05, 4.69) is 0 Å². The lowest BCUT2D eigenvalue weighted by atomic mass is 9.99. The molecule has 4 heteroatoms. The van der Waals surface area contributed by atoms with Gasteiger partial charge in [0.25, 0.3) is 0 Å². The third-order valence-corrected chi connectivity index (χ3v) is 3.13. The van der Waals surface area contributed by atoms with Crippen molar-refractivity contribution in [3.05, 3.63) is 70.8 Å². The number of aromatic carboxylic acids is 2. The summed E-state index contributed by atoms with van der Waals surface area (Å²) in [5, 5.41) is 17.9. The fourth-order valence-corrected chi connectivity index (χ4v) is 2.04. The van der Waals surface area contributed by atoms with Gasteiger partial charge in [0, 0.05) is 0 Å². The van der Waals surface area contributed by atoms with Crippen molar-refractivity contribution in [1.29, 1.82) is 0 Å². The van der Waals surface area contributed by atoms with Crippen LogP contribution in [0.5, 0.6) is 0 Å². The lowest BCUT2D eigenvalue weighted by molar-refractivity contribution is 0.0685. The maximum Gasteiger partial charge on any atom is 0.335 e. The van der Waals surface area contributed by atoms with Crippen molar-refractivity contribution in [2.75, 3.05) is 0 Å². The molecule has 2 rings (SSSR count). The lowest BCUT2D eigenvalue weighted by Gasteiger charge is -2.06. The Hall–Kier alpha value is -2.62. The summed E-state index contributed by atoms with van der Waals surface area (Å²) in [5.41, 5.74) is 2.33. The average molecular weight is 270 g/mol. The summed E-state index contributed by atoms with van der Waals surface area (Å²) in [6.07, 6.45) is 1.28. The van der Waals surface area contributed by atoms with Crippen LogP contribution >= 0.6 is 0 Å². The van der Waals surface area contributed by atoms with Gasteiger partial charge < -0.3 is 10.2 Å². The maximum absolute atomic E-state index is 11.1. The highest BCUT2D eigenvalue weighted by Gasteiger charge is 2.09. The van der Waals surface area contributed by atoms with Crippen LogP contribution in [0.1, 0.15) is 31.8 Å². The number of carbonyl (C=O) groups is 2. The minimum atomic E-state index is -0.951. The predicted molar refractivity (Wildman–Crippen MR) is 74.2 cm³/mol. The minimum absolute atomic E-state index is 0.250. The van der Waals surface area contributed by atoms with Gasteiger partial charge in [-0.2, -0.15) is 0 Å². The van der Waals surface area contributed by atoms with E-state index in [1.807, 2.05) is 6.07 Å². The number of hydrogen-bond acceptors (Lipinski definition) is 2. The van der Waals surface area contributed by atoms with Gasteiger partial charge in [-0.05, 0) is 42.2 Å². The van der Waals surface area contributed by atoms with Crippen molar-refractivity contribution in [3.63, 3.8) is 0 Å². The first-order valence-electron chi connectivity index (χ1n) is 6.21. The lowest BCUT2D eigenvalue weighted by Crippen LogP contribution is -2.03. The van der Waals surface area contributed by atoms with E-state index < -0.39 is 11.9 Å². The Morgan fingerprint density at radius 1 is 0.800 bits per heavy atom. The molecule has 2 aromatic rings. The third kappa shape index (κ3) is 3.23. The van der Waals surface area contributed by atoms with Crippen molar-refractivity contribution in [2.45, 2.75) is 12.8 Å². The molecule has 2 N–H and O–H groups in total. The number of benzene rings is 2. The molecule has 0 atom stereocenters. The van der Waals surface area contributed by atoms with Gasteiger partial charge in [-0.3, -0.25) is 0 Å². The summed E-state index contributed by atoms with van der Waals surface area (Å²) in [6.45, 7) is 0. The van der Waals surface area contributed by atoms with Gasteiger partial charge in [-0.25, -0.2) is 9.59 Å². The van der Waals surface area contributed by atoms with Crippen LogP contribution in [0.25, 0.3) is 0 Å². The molecule has 0 unspecified atom stereocenters. The van der Waals surface area contributed by atoms with Crippen LogP contribution in [0, 0.1) is 0 Å². The first-order valence-corrected chi connectivity index (χ1v) is 6.21. The van der Waals surface area contributed by atoms with Gasteiger partial charge in [-0.15, -0.1) is 0 Å². The van der Waals surface area contributed by atoms with E-state index in [9.17, 15) is 9.59 Å². The average Bonchev–Trinajstić information content (AvgIpc) is 2.45. The summed E-state index contributed by atoms with van der Waals surface area (Å²) < 4.78 is 0. The number of aryl methyl sites for hydroxylation is 2. The van der Waals surface area contributed by atoms with Crippen LogP contribution in [0.4, 0.5) is 0 Å². The van der Waals surface area contributed by atoms with Gasteiger partial charge in [0.05, 0.1) is 11.1 Å². The summed E-state index contributed by atoms with van der Waals surface area (Å²) in [5.74, 6) is -1.88. The van der Waals surface area contributed by atoms with Gasteiger partial charge >= 0.3 is 11.9 Å². The zero-order chi connectivity index (χ0) is 14.5. The monoisotopic (exact) mass is 270 g/mol. The van der Waals surface area contributed by atoms with Crippen LogP contribution in [-0.2, 0) is 12.8 Å². The predicted octanol–water partition coefficient (Wildman–Crippen LogP) is 2.87. The van der Waals surface area contributed by atoms with E-state index in [0.29, 0.717) is 18.4 Å². The molecule has 0 fully saturated rings. The van der Waals surface area contributed by atoms with Crippen LogP contribution < -0.4 is 0 Å². The fraction of sp³-hybridized carbons (Fsp3) is 0.125.